The Balaban J connectivity index is 3.81. The summed E-state index contributed by atoms with van der Waals surface area (Å²) in [6, 6.07) is -0.271. The zero-order chi connectivity index (χ0) is 10.4. The second-order valence-electron chi connectivity index (χ2n) is 3.03. The topological polar surface area (TPSA) is 69.6 Å². The lowest BCUT2D eigenvalue weighted by atomic mass is 10.3. The van der Waals surface area contributed by atoms with Crippen molar-refractivity contribution < 1.29 is 14.7 Å². The first kappa shape index (κ1) is 11.9. The summed E-state index contributed by atoms with van der Waals surface area (Å²) in [5.74, 6) is -0.425. The van der Waals surface area contributed by atoms with Crippen molar-refractivity contribution in [3.8, 4) is 0 Å². The predicted octanol–water partition coefficient (Wildman–Crippen LogP) is -1.04. The van der Waals surface area contributed by atoms with Gasteiger partial charge in [-0.2, -0.15) is 0 Å². The zero-order valence-corrected chi connectivity index (χ0v) is 8.20. The quantitative estimate of drug-likeness (QED) is 0.592. The highest BCUT2D eigenvalue weighted by Crippen LogP contribution is 1.84. The van der Waals surface area contributed by atoms with E-state index in [2.05, 4.69) is 5.32 Å². The Morgan fingerprint density at radius 2 is 2.08 bits per heavy atom. The van der Waals surface area contributed by atoms with E-state index < -0.39 is 0 Å². The largest absolute Gasteiger partial charge is 0.394 e. The van der Waals surface area contributed by atoms with Gasteiger partial charge in [0.25, 0.3) is 0 Å². The van der Waals surface area contributed by atoms with Gasteiger partial charge in [-0.05, 0) is 6.92 Å². The van der Waals surface area contributed by atoms with Crippen LogP contribution < -0.4 is 5.32 Å². The zero-order valence-electron chi connectivity index (χ0n) is 8.20. The Bertz CT molecular complexity index is 194. The highest BCUT2D eigenvalue weighted by molar-refractivity contribution is 5.83. The molecule has 0 aliphatic heterocycles. The first-order valence-electron chi connectivity index (χ1n) is 4.09. The molecule has 0 aliphatic carbocycles. The van der Waals surface area contributed by atoms with E-state index in [9.17, 15) is 9.59 Å². The van der Waals surface area contributed by atoms with Gasteiger partial charge in [-0.3, -0.25) is 9.59 Å². The molecule has 0 aromatic carbocycles. The Labute approximate surface area is 77.7 Å². The maximum absolute atomic E-state index is 11.1. The average Bonchev–Trinajstić information content (AvgIpc) is 2.03. The molecule has 2 N–H and O–H groups in total. The Hall–Kier alpha value is -1.10. The van der Waals surface area contributed by atoms with E-state index in [4.69, 9.17) is 5.11 Å². The molecule has 1 atom stereocenters. The molecule has 0 aromatic heterocycles. The van der Waals surface area contributed by atoms with Crippen molar-refractivity contribution >= 4 is 11.8 Å². The summed E-state index contributed by atoms with van der Waals surface area (Å²) in [7, 11) is 1.55. The monoisotopic (exact) mass is 188 g/mol. The summed E-state index contributed by atoms with van der Waals surface area (Å²) >= 11 is 0. The summed E-state index contributed by atoms with van der Waals surface area (Å²) in [6.45, 7) is 3.00. The molecule has 5 nitrogen and oxygen atoms in total. The lowest BCUT2D eigenvalue weighted by Gasteiger charge is -2.16. The van der Waals surface area contributed by atoms with Gasteiger partial charge in [-0.15, -0.1) is 0 Å². The van der Waals surface area contributed by atoms with Crippen LogP contribution in [-0.2, 0) is 9.59 Å². The molecule has 0 bridgehead atoms. The predicted molar refractivity (Wildman–Crippen MR) is 48.0 cm³/mol. The van der Waals surface area contributed by atoms with E-state index in [1.54, 1.807) is 14.0 Å². The van der Waals surface area contributed by atoms with E-state index >= 15 is 0 Å². The molecule has 0 aliphatic rings. The van der Waals surface area contributed by atoms with E-state index in [1.165, 1.54) is 11.8 Å². The van der Waals surface area contributed by atoms with Gasteiger partial charge in [0, 0.05) is 20.0 Å². The third kappa shape index (κ3) is 5.19. The SMILES string of the molecule is CC(=O)N(C)CC(=O)NC(C)CO. The Kier molecular flexibility index (Phi) is 5.06. The second kappa shape index (κ2) is 5.53. The minimum absolute atomic E-state index is 0.0275. The van der Waals surface area contributed by atoms with Gasteiger partial charge in [0.15, 0.2) is 0 Å². The normalized spacial score (nSPS) is 12.0. The van der Waals surface area contributed by atoms with Crippen LogP contribution >= 0.6 is 0 Å². The summed E-state index contributed by atoms with van der Waals surface area (Å²) in [5.41, 5.74) is 0. The third-order valence-electron chi connectivity index (χ3n) is 1.60. The summed E-state index contributed by atoms with van der Waals surface area (Å²) in [4.78, 5) is 23.1. The number of rotatable bonds is 4. The number of likely N-dealkylation sites (N-methyl/N-ethyl adjacent to an activating group) is 1. The van der Waals surface area contributed by atoms with Crippen LogP contribution in [0.2, 0.25) is 0 Å². The summed E-state index contributed by atoms with van der Waals surface area (Å²) in [6.07, 6.45) is 0. The highest BCUT2D eigenvalue weighted by Gasteiger charge is 2.10. The molecule has 0 rings (SSSR count). The molecule has 0 saturated carbocycles. The molecule has 5 heteroatoms. The average molecular weight is 188 g/mol. The number of aliphatic hydroxyl groups is 1. The van der Waals surface area contributed by atoms with Crippen LogP contribution in [0.3, 0.4) is 0 Å². The van der Waals surface area contributed by atoms with Crippen LogP contribution in [0.5, 0.6) is 0 Å². The molecule has 0 aromatic rings. The second-order valence-corrected chi connectivity index (χ2v) is 3.03. The van der Waals surface area contributed by atoms with Crippen molar-refractivity contribution in [2.75, 3.05) is 20.2 Å². The first-order valence-corrected chi connectivity index (χ1v) is 4.09. The first-order chi connectivity index (χ1) is 5.97. The fraction of sp³-hybridized carbons (Fsp3) is 0.750. The maximum Gasteiger partial charge on any atom is 0.239 e. The van der Waals surface area contributed by atoms with Gasteiger partial charge in [-0.1, -0.05) is 0 Å². The van der Waals surface area contributed by atoms with Crippen molar-refractivity contribution in [2.45, 2.75) is 19.9 Å². The van der Waals surface area contributed by atoms with Gasteiger partial charge < -0.3 is 15.3 Å². The number of carbonyl (C=O) groups is 2. The van der Waals surface area contributed by atoms with Gasteiger partial charge in [0.05, 0.1) is 13.2 Å². The van der Waals surface area contributed by atoms with Gasteiger partial charge >= 0.3 is 0 Å². The lowest BCUT2D eigenvalue weighted by molar-refractivity contribution is -0.133. The number of aliphatic hydroxyl groups excluding tert-OH is 1. The Morgan fingerprint density at radius 1 is 1.54 bits per heavy atom. The highest BCUT2D eigenvalue weighted by atomic mass is 16.3. The lowest BCUT2D eigenvalue weighted by Crippen LogP contribution is -2.42. The van der Waals surface area contributed by atoms with Gasteiger partial charge in [0.2, 0.25) is 11.8 Å². The van der Waals surface area contributed by atoms with Crippen molar-refractivity contribution in [1.29, 1.82) is 0 Å². The van der Waals surface area contributed by atoms with Crippen LogP contribution in [-0.4, -0.2) is 48.1 Å². The van der Waals surface area contributed by atoms with Crippen molar-refractivity contribution in [3.05, 3.63) is 0 Å². The molecule has 76 valence electrons. The number of hydrogen-bond donors (Lipinski definition) is 2. The standard InChI is InChI=1S/C8H16N2O3/c1-6(5-11)9-8(13)4-10(3)7(2)12/h6,11H,4-5H2,1-3H3,(H,9,13). The maximum atomic E-state index is 11.1. The van der Waals surface area contributed by atoms with E-state index in [1.807, 2.05) is 0 Å². The van der Waals surface area contributed by atoms with Crippen molar-refractivity contribution in [1.82, 2.24) is 10.2 Å². The van der Waals surface area contributed by atoms with Crippen LogP contribution in [0.25, 0.3) is 0 Å². The van der Waals surface area contributed by atoms with Gasteiger partial charge in [-0.25, -0.2) is 0 Å². The number of carbonyl (C=O) groups excluding carboxylic acids is 2. The molecule has 2 amide bonds. The third-order valence-corrected chi connectivity index (χ3v) is 1.60. The molecular weight excluding hydrogens is 172 g/mol. The number of nitrogens with one attached hydrogen (secondary N) is 1. The number of amides is 2. The fourth-order valence-corrected chi connectivity index (χ4v) is 0.693. The van der Waals surface area contributed by atoms with Crippen LogP contribution in [0.1, 0.15) is 13.8 Å². The van der Waals surface area contributed by atoms with Crippen LogP contribution in [0.4, 0.5) is 0 Å². The molecule has 0 saturated heterocycles. The minimum Gasteiger partial charge on any atom is -0.394 e. The smallest absolute Gasteiger partial charge is 0.239 e. The molecule has 0 fully saturated rings. The van der Waals surface area contributed by atoms with Crippen LogP contribution in [0.15, 0.2) is 0 Å². The summed E-state index contributed by atoms with van der Waals surface area (Å²) < 4.78 is 0. The van der Waals surface area contributed by atoms with E-state index in [0.717, 1.165) is 0 Å². The molecule has 0 heterocycles. The fourth-order valence-electron chi connectivity index (χ4n) is 0.693. The summed E-state index contributed by atoms with van der Waals surface area (Å²) in [5, 5.41) is 11.2. The molecular formula is C8H16N2O3. The van der Waals surface area contributed by atoms with Crippen molar-refractivity contribution in [3.63, 3.8) is 0 Å². The number of hydrogen-bond acceptors (Lipinski definition) is 3. The van der Waals surface area contributed by atoms with Crippen molar-refractivity contribution in [2.24, 2.45) is 0 Å². The Morgan fingerprint density at radius 3 is 2.46 bits per heavy atom. The molecule has 0 radical (unpaired) electrons. The van der Waals surface area contributed by atoms with E-state index in [-0.39, 0.29) is 31.0 Å². The van der Waals surface area contributed by atoms with Gasteiger partial charge in [0.1, 0.15) is 0 Å². The van der Waals surface area contributed by atoms with E-state index in [0.29, 0.717) is 0 Å². The molecule has 1 unspecified atom stereocenters. The minimum atomic E-state index is -0.271. The number of nitrogens with zero attached hydrogens (tertiary/aromatic N) is 1. The molecule has 13 heavy (non-hydrogen) atoms. The molecule has 0 spiro atoms. The van der Waals surface area contributed by atoms with Crippen LogP contribution in [0, 0.1) is 0 Å².